The van der Waals surface area contributed by atoms with Crippen LogP contribution in [0.4, 0.5) is 0 Å². The highest BCUT2D eigenvalue weighted by Gasteiger charge is 2.30. The van der Waals surface area contributed by atoms with Gasteiger partial charge in [-0.2, -0.15) is 0 Å². The molecule has 0 atom stereocenters. The van der Waals surface area contributed by atoms with Crippen LogP contribution in [0.2, 0.25) is 0 Å². The fourth-order valence-electron chi connectivity index (χ4n) is 3.77. The van der Waals surface area contributed by atoms with Crippen LogP contribution in [-0.2, 0) is 6.54 Å². The van der Waals surface area contributed by atoms with Crippen LogP contribution in [0.15, 0.2) is 53.9 Å². The van der Waals surface area contributed by atoms with Crippen molar-refractivity contribution in [3.05, 3.63) is 70.6 Å². The zero-order valence-electron chi connectivity index (χ0n) is 18.6. The van der Waals surface area contributed by atoms with E-state index in [1.165, 1.54) is 5.57 Å². The third kappa shape index (κ3) is 3.83. The van der Waals surface area contributed by atoms with Crippen LogP contribution in [0.5, 0.6) is 17.2 Å². The van der Waals surface area contributed by atoms with Crippen LogP contribution in [0.3, 0.4) is 0 Å². The summed E-state index contributed by atoms with van der Waals surface area (Å²) in [6, 6.07) is 9.58. The Morgan fingerprint density at radius 3 is 2.71 bits per heavy atom. The van der Waals surface area contributed by atoms with Gasteiger partial charge in [0.25, 0.3) is 0 Å². The van der Waals surface area contributed by atoms with Crippen LogP contribution < -0.4 is 14.2 Å². The number of ether oxygens (including phenoxy) is 3. The zero-order valence-corrected chi connectivity index (χ0v) is 18.6. The average molecular weight is 418 g/mol. The first-order valence-corrected chi connectivity index (χ1v) is 10.4. The van der Waals surface area contributed by atoms with Gasteiger partial charge in [-0.1, -0.05) is 5.57 Å². The molecule has 0 N–H and O–H groups in total. The van der Waals surface area contributed by atoms with Gasteiger partial charge >= 0.3 is 0 Å². The molecule has 0 unspecified atom stereocenters. The molecule has 1 aliphatic heterocycles. The molecular weight excluding hydrogens is 390 g/mol. The molecular formula is C26H27NO4. The minimum absolute atomic E-state index is 0.116. The Hall–Kier alpha value is -3.47. The maximum absolute atomic E-state index is 13.0. The molecule has 5 nitrogen and oxygen atoms in total. The molecule has 1 aliphatic rings. The van der Waals surface area contributed by atoms with Crippen molar-refractivity contribution >= 4 is 22.8 Å². The standard InChI is InChI=1S/C26H27NO4/c1-6-27-15-18(21-14-19(29-5)7-9-22(21)27)13-24-25(28)20-8-10-23(17(4)26(20)31-24)30-12-11-16(2)3/h7-11,13-15H,6,12H2,1-5H3/b24-13-. The highest BCUT2D eigenvalue weighted by Crippen LogP contribution is 2.40. The predicted octanol–water partition coefficient (Wildman–Crippen LogP) is 5.94. The zero-order chi connectivity index (χ0) is 22.1. The van der Waals surface area contributed by atoms with E-state index in [1.807, 2.05) is 63.4 Å². The lowest BCUT2D eigenvalue weighted by Crippen LogP contribution is -1.98. The highest BCUT2D eigenvalue weighted by molar-refractivity contribution is 6.15. The smallest absolute Gasteiger partial charge is 0.231 e. The Labute approximate surface area is 182 Å². The lowest BCUT2D eigenvalue weighted by Gasteiger charge is -2.10. The largest absolute Gasteiger partial charge is 0.497 e. The van der Waals surface area contributed by atoms with E-state index in [1.54, 1.807) is 13.2 Å². The molecule has 160 valence electrons. The number of rotatable bonds is 6. The summed E-state index contributed by atoms with van der Waals surface area (Å²) >= 11 is 0. The number of carbonyl (C=O) groups excluding carboxylic acids is 1. The van der Waals surface area contributed by atoms with E-state index in [4.69, 9.17) is 14.2 Å². The van der Waals surface area contributed by atoms with E-state index < -0.39 is 0 Å². The summed E-state index contributed by atoms with van der Waals surface area (Å²) in [7, 11) is 1.65. The van der Waals surface area contributed by atoms with Crippen molar-refractivity contribution in [2.75, 3.05) is 13.7 Å². The Kier molecular flexibility index (Phi) is 5.59. The molecule has 31 heavy (non-hydrogen) atoms. The van der Waals surface area contributed by atoms with E-state index in [0.29, 0.717) is 23.7 Å². The number of aromatic nitrogens is 1. The summed E-state index contributed by atoms with van der Waals surface area (Å²) in [6.45, 7) is 9.38. The van der Waals surface area contributed by atoms with Gasteiger partial charge in [-0.25, -0.2) is 0 Å². The summed E-state index contributed by atoms with van der Waals surface area (Å²) in [5.74, 6) is 2.27. The van der Waals surface area contributed by atoms with Gasteiger partial charge in [0.2, 0.25) is 5.78 Å². The van der Waals surface area contributed by atoms with Gasteiger partial charge in [0.15, 0.2) is 5.76 Å². The summed E-state index contributed by atoms with van der Waals surface area (Å²) in [6.07, 6.45) is 5.87. The van der Waals surface area contributed by atoms with Crippen molar-refractivity contribution < 1.29 is 19.0 Å². The minimum atomic E-state index is -0.116. The Morgan fingerprint density at radius 1 is 1.19 bits per heavy atom. The average Bonchev–Trinajstić information content (AvgIpc) is 3.27. The molecule has 2 heterocycles. The van der Waals surface area contributed by atoms with Gasteiger partial charge in [-0.15, -0.1) is 0 Å². The lowest BCUT2D eigenvalue weighted by molar-refractivity contribution is 0.101. The summed E-state index contributed by atoms with van der Waals surface area (Å²) < 4.78 is 19.4. The number of Topliss-reactive ketones (excluding diaryl/α,β-unsaturated/α-hetero) is 1. The first-order chi connectivity index (χ1) is 14.9. The number of benzene rings is 2. The predicted molar refractivity (Wildman–Crippen MR) is 123 cm³/mol. The molecule has 2 aromatic carbocycles. The summed E-state index contributed by atoms with van der Waals surface area (Å²) in [4.78, 5) is 13.0. The number of hydrogen-bond acceptors (Lipinski definition) is 4. The second kappa shape index (κ2) is 8.34. The van der Waals surface area contributed by atoms with E-state index >= 15 is 0 Å². The molecule has 0 aliphatic carbocycles. The van der Waals surface area contributed by atoms with Crippen LogP contribution in [-0.4, -0.2) is 24.1 Å². The fraction of sp³-hybridized carbons (Fsp3) is 0.269. The number of fused-ring (bicyclic) bond motifs is 2. The van der Waals surface area contributed by atoms with Crippen molar-refractivity contribution in [1.82, 2.24) is 4.57 Å². The number of aryl methyl sites for hydroxylation is 1. The van der Waals surface area contributed by atoms with Gasteiger partial charge in [-0.05, 0) is 70.2 Å². The van der Waals surface area contributed by atoms with E-state index in [2.05, 4.69) is 11.5 Å². The Balaban J connectivity index is 1.70. The third-order valence-corrected chi connectivity index (χ3v) is 5.51. The number of allylic oxidation sites excluding steroid dienone is 2. The van der Waals surface area contributed by atoms with E-state index in [-0.39, 0.29) is 5.78 Å². The molecule has 0 spiro atoms. The quantitative estimate of drug-likeness (QED) is 0.368. The monoisotopic (exact) mass is 417 g/mol. The van der Waals surface area contributed by atoms with Crippen LogP contribution in [0.25, 0.3) is 17.0 Å². The van der Waals surface area contributed by atoms with Crippen LogP contribution in [0.1, 0.15) is 42.3 Å². The van der Waals surface area contributed by atoms with E-state index in [9.17, 15) is 4.79 Å². The van der Waals surface area contributed by atoms with Gasteiger partial charge in [-0.3, -0.25) is 4.79 Å². The van der Waals surface area contributed by atoms with Crippen LogP contribution in [0, 0.1) is 6.92 Å². The lowest BCUT2D eigenvalue weighted by atomic mass is 10.1. The van der Waals surface area contributed by atoms with Crippen molar-refractivity contribution in [3.8, 4) is 17.2 Å². The molecule has 5 heteroatoms. The van der Waals surface area contributed by atoms with Crippen molar-refractivity contribution in [3.63, 3.8) is 0 Å². The maximum atomic E-state index is 13.0. The topological polar surface area (TPSA) is 49.7 Å². The van der Waals surface area contributed by atoms with Gasteiger partial charge in [0, 0.05) is 34.8 Å². The molecule has 0 saturated carbocycles. The number of methoxy groups -OCH3 is 1. The minimum Gasteiger partial charge on any atom is -0.497 e. The Bertz CT molecular complexity index is 1230. The molecule has 0 bridgehead atoms. The number of ketones is 1. The summed E-state index contributed by atoms with van der Waals surface area (Å²) in [5, 5.41) is 1.02. The van der Waals surface area contributed by atoms with Crippen LogP contribution >= 0.6 is 0 Å². The van der Waals surface area contributed by atoms with Crippen molar-refractivity contribution in [2.24, 2.45) is 0 Å². The molecule has 0 fully saturated rings. The molecule has 3 aromatic rings. The van der Waals surface area contributed by atoms with Gasteiger partial charge in [0.05, 0.1) is 12.7 Å². The molecule has 0 saturated heterocycles. The molecule has 0 amide bonds. The summed E-state index contributed by atoms with van der Waals surface area (Å²) in [5.41, 5.74) is 4.59. The first-order valence-electron chi connectivity index (χ1n) is 10.4. The SMILES string of the molecule is CCn1cc(/C=C2\Oc3c(ccc(OCC=C(C)C)c3C)C2=O)c2cc(OC)ccc21. The first kappa shape index (κ1) is 20.8. The number of nitrogens with zero attached hydrogens (tertiary/aromatic N) is 1. The normalized spacial score (nSPS) is 14.0. The highest BCUT2D eigenvalue weighted by atomic mass is 16.5. The fourth-order valence-corrected chi connectivity index (χ4v) is 3.77. The Morgan fingerprint density at radius 2 is 2.00 bits per heavy atom. The second-order valence-electron chi connectivity index (χ2n) is 7.85. The van der Waals surface area contributed by atoms with Gasteiger partial charge in [0.1, 0.15) is 23.9 Å². The third-order valence-electron chi connectivity index (χ3n) is 5.51. The van der Waals surface area contributed by atoms with Crippen molar-refractivity contribution in [1.29, 1.82) is 0 Å². The maximum Gasteiger partial charge on any atom is 0.231 e. The second-order valence-corrected chi connectivity index (χ2v) is 7.85. The molecule has 1 aromatic heterocycles. The number of carbonyl (C=O) groups is 1. The van der Waals surface area contributed by atoms with E-state index in [0.717, 1.165) is 40.1 Å². The molecule has 4 rings (SSSR count). The molecule has 0 radical (unpaired) electrons. The van der Waals surface area contributed by atoms with Gasteiger partial charge < -0.3 is 18.8 Å². The van der Waals surface area contributed by atoms with Crippen molar-refractivity contribution in [2.45, 2.75) is 34.2 Å². The number of hydrogen-bond donors (Lipinski definition) is 0.